The molecular formula is C13H19N3O3. The Morgan fingerprint density at radius 2 is 2.16 bits per heavy atom. The van der Waals surface area contributed by atoms with Gasteiger partial charge in [0.1, 0.15) is 0 Å². The summed E-state index contributed by atoms with van der Waals surface area (Å²) in [5.74, 6) is -0.912. The topological polar surface area (TPSA) is 81.7 Å². The van der Waals surface area contributed by atoms with Crippen LogP contribution < -0.4 is 10.6 Å². The van der Waals surface area contributed by atoms with Gasteiger partial charge in [-0.1, -0.05) is 38.2 Å². The molecule has 2 aliphatic rings. The van der Waals surface area contributed by atoms with Crippen molar-refractivity contribution >= 4 is 11.8 Å². The highest BCUT2D eigenvalue weighted by atomic mass is 16.5. The number of hydroxylamine groups is 2. The van der Waals surface area contributed by atoms with Gasteiger partial charge in [0.25, 0.3) is 5.91 Å². The van der Waals surface area contributed by atoms with Gasteiger partial charge in [0.05, 0.1) is 6.04 Å². The van der Waals surface area contributed by atoms with E-state index in [1.54, 1.807) is 13.8 Å². The Bertz CT molecular complexity index is 431. The highest BCUT2D eigenvalue weighted by molar-refractivity contribution is 5.88. The first kappa shape index (κ1) is 13.8. The van der Waals surface area contributed by atoms with E-state index in [0.29, 0.717) is 0 Å². The van der Waals surface area contributed by atoms with Crippen molar-refractivity contribution in [1.29, 1.82) is 0 Å². The Balaban J connectivity index is 2.12. The van der Waals surface area contributed by atoms with Gasteiger partial charge < -0.3 is 15.8 Å². The first-order valence-electron chi connectivity index (χ1n) is 6.40. The average molecular weight is 265 g/mol. The molecule has 2 amide bonds. The van der Waals surface area contributed by atoms with Crippen molar-refractivity contribution in [2.24, 2.45) is 11.8 Å². The van der Waals surface area contributed by atoms with Crippen LogP contribution >= 0.6 is 0 Å². The number of rotatable bonds is 2. The van der Waals surface area contributed by atoms with Crippen molar-refractivity contribution in [2.75, 3.05) is 6.54 Å². The lowest BCUT2D eigenvalue weighted by atomic mass is 9.95. The molecule has 2 rings (SSSR count). The van der Waals surface area contributed by atoms with E-state index in [1.807, 2.05) is 24.3 Å². The predicted molar refractivity (Wildman–Crippen MR) is 69.0 cm³/mol. The third-order valence-corrected chi connectivity index (χ3v) is 3.31. The molecule has 3 atom stereocenters. The third kappa shape index (κ3) is 3.02. The molecule has 1 saturated heterocycles. The highest BCUT2D eigenvalue weighted by Crippen LogP contribution is 2.18. The number of carbonyl (C=O) groups excluding carboxylic acids is 2. The summed E-state index contributed by atoms with van der Waals surface area (Å²) in [6, 6.07) is -0.145. The van der Waals surface area contributed by atoms with E-state index in [4.69, 9.17) is 0 Å². The Hall–Kier alpha value is -1.66. The summed E-state index contributed by atoms with van der Waals surface area (Å²) in [4.78, 5) is 23.7. The number of nitrogens with one attached hydrogen (secondary N) is 2. The number of nitrogens with zero attached hydrogens (tertiary/aromatic N) is 1. The van der Waals surface area contributed by atoms with Gasteiger partial charge >= 0.3 is 0 Å². The number of amides is 2. The lowest BCUT2D eigenvalue weighted by Crippen LogP contribution is -2.55. The fraction of sp³-hybridized carbons (Fsp3) is 0.538. The van der Waals surface area contributed by atoms with Crippen LogP contribution in [0.5, 0.6) is 0 Å². The number of carbonyl (C=O) groups is 2. The van der Waals surface area contributed by atoms with Crippen LogP contribution in [0.15, 0.2) is 24.3 Å². The zero-order chi connectivity index (χ0) is 14.0. The van der Waals surface area contributed by atoms with Gasteiger partial charge in [-0.15, -0.1) is 0 Å². The minimum Gasteiger partial charge on any atom is -0.346 e. The van der Waals surface area contributed by atoms with Crippen LogP contribution in [0.2, 0.25) is 0 Å². The Kier molecular flexibility index (Phi) is 4.01. The molecule has 104 valence electrons. The van der Waals surface area contributed by atoms with Crippen LogP contribution in [-0.2, 0) is 9.59 Å². The highest BCUT2D eigenvalue weighted by Gasteiger charge is 2.36. The summed E-state index contributed by atoms with van der Waals surface area (Å²) in [6.07, 6.45) is 6.51. The van der Waals surface area contributed by atoms with Gasteiger partial charge in [-0.2, -0.15) is 5.06 Å². The van der Waals surface area contributed by atoms with Crippen molar-refractivity contribution in [3.63, 3.8) is 0 Å². The first-order valence-corrected chi connectivity index (χ1v) is 6.40. The van der Waals surface area contributed by atoms with E-state index in [2.05, 4.69) is 10.6 Å². The van der Waals surface area contributed by atoms with Crippen LogP contribution in [0.25, 0.3) is 0 Å². The molecule has 0 aromatic heterocycles. The molecule has 0 bridgehead atoms. The van der Waals surface area contributed by atoms with Crippen molar-refractivity contribution in [1.82, 2.24) is 15.7 Å². The molecule has 6 heteroatoms. The minimum absolute atomic E-state index is 0.0000907. The second-order valence-electron chi connectivity index (χ2n) is 5.16. The molecule has 19 heavy (non-hydrogen) atoms. The van der Waals surface area contributed by atoms with Crippen molar-refractivity contribution in [2.45, 2.75) is 26.1 Å². The predicted octanol–water partition coefficient (Wildman–Crippen LogP) is 0.0165. The molecule has 1 aliphatic carbocycles. The van der Waals surface area contributed by atoms with Crippen molar-refractivity contribution in [3.8, 4) is 0 Å². The lowest BCUT2D eigenvalue weighted by Gasteiger charge is -2.24. The standard InChI is InChI=1S/C13H19N3O3/c1-8(2)12(17)15-11-13(18)14-10-6-4-3-5-9(10)7-16(11)19/h3-6,8-11,19H,7H2,1-2H3,(H,14,18)(H,15,17). The Morgan fingerprint density at radius 3 is 2.84 bits per heavy atom. The molecule has 1 fully saturated rings. The summed E-state index contributed by atoms with van der Waals surface area (Å²) >= 11 is 0. The number of hydrogen-bond acceptors (Lipinski definition) is 4. The van der Waals surface area contributed by atoms with Gasteiger partial charge in [-0.25, -0.2) is 0 Å². The van der Waals surface area contributed by atoms with Crippen molar-refractivity contribution < 1.29 is 14.8 Å². The Labute approximate surface area is 112 Å². The van der Waals surface area contributed by atoms with E-state index in [1.165, 1.54) is 0 Å². The SMILES string of the molecule is CC(C)C(=O)NC1C(=O)NC2C=CC=CC2CN1O. The quantitative estimate of drug-likeness (QED) is 0.657. The summed E-state index contributed by atoms with van der Waals surface area (Å²) in [6.45, 7) is 3.75. The van der Waals surface area contributed by atoms with E-state index in [9.17, 15) is 14.8 Å². The van der Waals surface area contributed by atoms with E-state index >= 15 is 0 Å². The van der Waals surface area contributed by atoms with Gasteiger partial charge in [0.2, 0.25) is 5.91 Å². The largest absolute Gasteiger partial charge is 0.346 e. The molecule has 0 aromatic rings. The van der Waals surface area contributed by atoms with Crippen LogP contribution in [0, 0.1) is 11.8 Å². The molecule has 3 unspecified atom stereocenters. The van der Waals surface area contributed by atoms with Gasteiger partial charge in [-0.3, -0.25) is 9.59 Å². The van der Waals surface area contributed by atoms with Crippen molar-refractivity contribution in [3.05, 3.63) is 24.3 Å². The molecule has 0 saturated carbocycles. The van der Waals surface area contributed by atoms with Crippen LogP contribution in [0.1, 0.15) is 13.8 Å². The molecule has 1 heterocycles. The van der Waals surface area contributed by atoms with Gasteiger partial charge in [0, 0.05) is 18.4 Å². The molecule has 3 N–H and O–H groups in total. The maximum absolute atomic E-state index is 12.1. The summed E-state index contributed by atoms with van der Waals surface area (Å²) < 4.78 is 0. The maximum Gasteiger partial charge on any atom is 0.260 e. The van der Waals surface area contributed by atoms with E-state index in [-0.39, 0.29) is 30.3 Å². The zero-order valence-corrected chi connectivity index (χ0v) is 11.0. The molecule has 1 aliphatic heterocycles. The molecule has 0 spiro atoms. The smallest absolute Gasteiger partial charge is 0.260 e. The first-order chi connectivity index (χ1) is 8.99. The van der Waals surface area contributed by atoms with Crippen LogP contribution in [0.3, 0.4) is 0 Å². The van der Waals surface area contributed by atoms with Crippen LogP contribution in [-0.4, -0.2) is 40.8 Å². The minimum atomic E-state index is -1.04. The second-order valence-corrected chi connectivity index (χ2v) is 5.16. The molecule has 0 aromatic carbocycles. The van der Waals surface area contributed by atoms with E-state index in [0.717, 1.165) is 5.06 Å². The summed E-state index contributed by atoms with van der Waals surface area (Å²) in [5.41, 5.74) is 0. The number of allylic oxidation sites excluding steroid dienone is 2. The maximum atomic E-state index is 12.1. The Morgan fingerprint density at radius 1 is 1.47 bits per heavy atom. The molecule has 6 nitrogen and oxygen atoms in total. The molecular weight excluding hydrogens is 246 g/mol. The zero-order valence-electron chi connectivity index (χ0n) is 11.0. The third-order valence-electron chi connectivity index (χ3n) is 3.31. The number of fused-ring (bicyclic) bond motifs is 1. The summed E-state index contributed by atoms with van der Waals surface area (Å²) in [7, 11) is 0. The van der Waals surface area contributed by atoms with Crippen LogP contribution in [0.4, 0.5) is 0 Å². The lowest BCUT2D eigenvalue weighted by molar-refractivity contribution is -0.163. The normalized spacial score (nSPS) is 30.7. The summed E-state index contributed by atoms with van der Waals surface area (Å²) in [5, 5.41) is 16.2. The molecule has 0 radical (unpaired) electrons. The monoisotopic (exact) mass is 265 g/mol. The fourth-order valence-corrected chi connectivity index (χ4v) is 2.12. The number of hydrogen-bond donors (Lipinski definition) is 3. The van der Waals surface area contributed by atoms with E-state index < -0.39 is 12.1 Å². The van der Waals surface area contributed by atoms with Gasteiger partial charge in [-0.05, 0) is 0 Å². The second kappa shape index (κ2) is 5.54. The van der Waals surface area contributed by atoms with Gasteiger partial charge in [0.15, 0.2) is 6.17 Å². The fourth-order valence-electron chi connectivity index (χ4n) is 2.12. The average Bonchev–Trinajstić information content (AvgIpc) is 2.47.